The lowest BCUT2D eigenvalue weighted by atomic mass is 10.0. The standard InChI is InChI=1S/C10H14BrFN2/c11-8-4-7(5-9(12)6-8)10(14)2-1-3-13/h4-6,10H,1-3,13-14H2/t10-/m0/s1. The molecule has 0 bridgehead atoms. The van der Waals surface area contributed by atoms with Crippen LogP contribution in [0.25, 0.3) is 0 Å². The van der Waals surface area contributed by atoms with E-state index in [-0.39, 0.29) is 11.9 Å². The largest absolute Gasteiger partial charge is 0.330 e. The highest BCUT2D eigenvalue weighted by Crippen LogP contribution is 2.21. The minimum Gasteiger partial charge on any atom is -0.330 e. The van der Waals surface area contributed by atoms with Crippen molar-refractivity contribution in [3.63, 3.8) is 0 Å². The second-order valence-electron chi connectivity index (χ2n) is 3.24. The van der Waals surface area contributed by atoms with Crippen molar-refractivity contribution in [2.75, 3.05) is 6.54 Å². The van der Waals surface area contributed by atoms with Gasteiger partial charge in [-0.05, 0) is 43.1 Å². The highest BCUT2D eigenvalue weighted by atomic mass is 79.9. The van der Waals surface area contributed by atoms with E-state index >= 15 is 0 Å². The summed E-state index contributed by atoms with van der Waals surface area (Å²) in [5.41, 5.74) is 12.1. The third-order valence-electron chi connectivity index (χ3n) is 2.03. The summed E-state index contributed by atoms with van der Waals surface area (Å²) in [5, 5.41) is 0. The van der Waals surface area contributed by atoms with Crippen LogP contribution in [0.1, 0.15) is 24.4 Å². The zero-order valence-corrected chi connectivity index (χ0v) is 9.43. The zero-order chi connectivity index (χ0) is 10.6. The molecular formula is C10H14BrFN2. The van der Waals surface area contributed by atoms with Gasteiger partial charge in [-0.1, -0.05) is 15.9 Å². The maximum absolute atomic E-state index is 13.0. The fourth-order valence-corrected chi connectivity index (χ4v) is 1.78. The summed E-state index contributed by atoms with van der Waals surface area (Å²) in [7, 11) is 0. The van der Waals surface area contributed by atoms with Gasteiger partial charge in [-0.3, -0.25) is 0 Å². The molecule has 1 aromatic carbocycles. The van der Waals surface area contributed by atoms with Crippen molar-refractivity contribution in [3.8, 4) is 0 Å². The average Bonchev–Trinajstić information content (AvgIpc) is 2.12. The van der Waals surface area contributed by atoms with Crippen molar-refractivity contribution in [3.05, 3.63) is 34.1 Å². The quantitative estimate of drug-likeness (QED) is 0.873. The smallest absolute Gasteiger partial charge is 0.124 e. The molecule has 0 aliphatic carbocycles. The van der Waals surface area contributed by atoms with Crippen LogP contribution in [0.3, 0.4) is 0 Å². The maximum atomic E-state index is 13.0. The van der Waals surface area contributed by atoms with Crippen LogP contribution in [0.15, 0.2) is 22.7 Å². The molecule has 0 aromatic heterocycles. The number of nitrogens with two attached hydrogens (primary N) is 2. The molecule has 0 heterocycles. The Morgan fingerprint density at radius 1 is 1.36 bits per heavy atom. The van der Waals surface area contributed by atoms with E-state index in [0.29, 0.717) is 6.54 Å². The van der Waals surface area contributed by atoms with E-state index < -0.39 is 0 Å². The van der Waals surface area contributed by atoms with Gasteiger partial charge >= 0.3 is 0 Å². The summed E-state index contributed by atoms with van der Waals surface area (Å²) in [6.07, 6.45) is 1.64. The summed E-state index contributed by atoms with van der Waals surface area (Å²) in [4.78, 5) is 0. The van der Waals surface area contributed by atoms with Gasteiger partial charge < -0.3 is 11.5 Å². The van der Waals surface area contributed by atoms with Gasteiger partial charge in [0.05, 0.1) is 0 Å². The number of hydrogen-bond donors (Lipinski definition) is 2. The molecule has 1 rings (SSSR count). The van der Waals surface area contributed by atoms with Gasteiger partial charge in [-0.15, -0.1) is 0 Å². The van der Waals surface area contributed by atoms with E-state index in [2.05, 4.69) is 15.9 Å². The summed E-state index contributed by atoms with van der Waals surface area (Å²) < 4.78 is 13.7. The monoisotopic (exact) mass is 260 g/mol. The van der Waals surface area contributed by atoms with Crippen molar-refractivity contribution >= 4 is 15.9 Å². The molecule has 2 nitrogen and oxygen atoms in total. The van der Waals surface area contributed by atoms with E-state index in [1.807, 2.05) is 6.07 Å². The van der Waals surface area contributed by atoms with Crippen LogP contribution < -0.4 is 11.5 Å². The van der Waals surface area contributed by atoms with E-state index in [9.17, 15) is 4.39 Å². The van der Waals surface area contributed by atoms with Gasteiger partial charge in [0.1, 0.15) is 5.82 Å². The number of rotatable bonds is 4. The van der Waals surface area contributed by atoms with Crippen molar-refractivity contribution in [1.82, 2.24) is 0 Å². The van der Waals surface area contributed by atoms with Gasteiger partial charge in [0.15, 0.2) is 0 Å². The summed E-state index contributed by atoms with van der Waals surface area (Å²) in [6.45, 7) is 0.615. The third kappa shape index (κ3) is 3.36. The lowest BCUT2D eigenvalue weighted by Gasteiger charge is -2.11. The number of benzene rings is 1. The fourth-order valence-electron chi connectivity index (χ4n) is 1.29. The van der Waals surface area contributed by atoms with Crippen LogP contribution in [-0.2, 0) is 0 Å². The van der Waals surface area contributed by atoms with Gasteiger partial charge in [0.25, 0.3) is 0 Å². The predicted molar refractivity (Wildman–Crippen MR) is 59.3 cm³/mol. The molecule has 1 aromatic rings. The first-order valence-electron chi connectivity index (χ1n) is 4.55. The minimum absolute atomic E-state index is 0.134. The first kappa shape index (κ1) is 11.6. The second kappa shape index (κ2) is 5.44. The van der Waals surface area contributed by atoms with Gasteiger partial charge in [-0.25, -0.2) is 4.39 Å². The maximum Gasteiger partial charge on any atom is 0.124 e. The average molecular weight is 261 g/mol. The molecular weight excluding hydrogens is 247 g/mol. The van der Waals surface area contributed by atoms with Crippen LogP contribution in [0, 0.1) is 5.82 Å². The predicted octanol–water partition coefficient (Wildman–Crippen LogP) is 2.33. The molecule has 0 aliphatic heterocycles. The Hall–Kier alpha value is -0.450. The van der Waals surface area contributed by atoms with Crippen LogP contribution >= 0.6 is 15.9 Å². The van der Waals surface area contributed by atoms with Crippen molar-refractivity contribution in [2.45, 2.75) is 18.9 Å². The Balaban J connectivity index is 2.73. The molecule has 0 saturated heterocycles. The highest BCUT2D eigenvalue weighted by Gasteiger charge is 2.07. The van der Waals surface area contributed by atoms with Crippen molar-refractivity contribution in [2.24, 2.45) is 11.5 Å². The highest BCUT2D eigenvalue weighted by molar-refractivity contribution is 9.10. The minimum atomic E-state index is -0.266. The summed E-state index contributed by atoms with van der Waals surface area (Å²) in [5.74, 6) is -0.266. The molecule has 0 amide bonds. The Kier molecular flexibility index (Phi) is 4.51. The number of hydrogen-bond acceptors (Lipinski definition) is 2. The molecule has 0 spiro atoms. The Labute approximate surface area is 91.6 Å². The number of halogens is 2. The molecule has 0 unspecified atom stereocenters. The SMILES string of the molecule is NCCC[C@H](N)c1cc(F)cc(Br)c1. The normalized spacial score (nSPS) is 12.9. The molecule has 14 heavy (non-hydrogen) atoms. The van der Waals surface area contributed by atoms with Crippen LogP contribution in [-0.4, -0.2) is 6.54 Å². The molecule has 0 radical (unpaired) electrons. The molecule has 0 saturated carbocycles. The molecule has 0 aliphatic rings. The van der Waals surface area contributed by atoms with Crippen molar-refractivity contribution < 1.29 is 4.39 Å². The Morgan fingerprint density at radius 3 is 2.64 bits per heavy atom. The topological polar surface area (TPSA) is 52.0 Å². The van der Waals surface area contributed by atoms with Crippen LogP contribution in [0.2, 0.25) is 0 Å². The van der Waals surface area contributed by atoms with Crippen molar-refractivity contribution in [1.29, 1.82) is 0 Å². The molecule has 0 fully saturated rings. The Morgan fingerprint density at radius 2 is 2.07 bits per heavy atom. The van der Waals surface area contributed by atoms with Crippen LogP contribution in [0.5, 0.6) is 0 Å². The second-order valence-corrected chi connectivity index (χ2v) is 4.16. The fraction of sp³-hybridized carbons (Fsp3) is 0.400. The zero-order valence-electron chi connectivity index (χ0n) is 7.84. The van der Waals surface area contributed by atoms with Gasteiger partial charge in [0, 0.05) is 10.5 Å². The molecule has 78 valence electrons. The third-order valence-corrected chi connectivity index (χ3v) is 2.49. The van der Waals surface area contributed by atoms with E-state index in [0.717, 1.165) is 22.9 Å². The summed E-state index contributed by atoms with van der Waals surface area (Å²) in [6, 6.07) is 4.58. The van der Waals surface area contributed by atoms with E-state index in [4.69, 9.17) is 11.5 Å². The summed E-state index contributed by atoms with van der Waals surface area (Å²) >= 11 is 3.23. The first-order valence-corrected chi connectivity index (χ1v) is 5.34. The lowest BCUT2D eigenvalue weighted by molar-refractivity contribution is 0.596. The molecule has 4 N–H and O–H groups in total. The Bertz CT molecular complexity index is 284. The lowest BCUT2D eigenvalue weighted by Crippen LogP contribution is -2.12. The van der Waals surface area contributed by atoms with Gasteiger partial charge in [-0.2, -0.15) is 0 Å². The van der Waals surface area contributed by atoms with E-state index in [1.54, 1.807) is 0 Å². The van der Waals surface area contributed by atoms with Crippen LogP contribution in [0.4, 0.5) is 4.39 Å². The van der Waals surface area contributed by atoms with Gasteiger partial charge in [0.2, 0.25) is 0 Å². The molecule has 4 heteroatoms. The molecule has 1 atom stereocenters. The van der Waals surface area contributed by atoms with E-state index in [1.165, 1.54) is 12.1 Å². The first-order chi connectivity index (χ1) is 6.63.